The summed E-state index contributed by atoms with van der Waals surface area (Å²) in [6.45, 7) is 6.38. The van der Waals surface area contributed by atoms with Crippen LogP contribution in [0, 0.1) is 0 Å². The van der Waals surface area contributed by atoms with E-state index in [0.717, 1.165) is 148 Å². The molecule has 0 aliphatic rings. The van der Waals surface area contributed by atoms with Crippen LogP contribution < -0.4 is 0 Å². The van der Waals surface area contributed by atoms with Crippen molar-refractivity contribution in [2.24, 2.45) is 0 Å². The van der Waals surface area contributed by atoms with Crippen LogP contribution in [0.3, 0.4) is 0 Å². The number of carbonyl (C=O) groups is 3. The smallest absolute Gasteiger partial charge is 0.306 e. The molecule has 0 radical (unpaired) electrons. The van der Waals surface area contributed by atoms with E-state index in [1.165, 1.54) is 83.5 Å². The van der Waals surface area contributed by atoms with Crippen LogP contribution >= 0.6 is 0 Å². The van der Waals surface area contributed by atoms with E-state index >= 15 is 0 Å². The molecule has 6 heteroatoms. The van der Waals surface area contributed by atoms with Gasteiger partial charge in [0.25, 0.3) is 0 Å². The second-order valence-corrected chi connectivity index (χ2v) is 19.9. The summed E-state index contributed by atoms with van der Waals surface area (Å²) in [7, 11) is 0. The lowest BCUT2D eigenvalue weighted by Crippen LogP contribution is -2.30. The molecule has 0 spiro atoms. The van der Waals surface area contributed by atoms with Gasteiger partial charge in [-0.1, -0.05) is 264 Å². The first-order valence-corrected chi connectivity index (χ1v) is 30.5. The minimum Gasteiger partial charge on any atom is -0.462 e. The summed E-state index contributed by atoms with van der Waals surface area (Å²) >= 11 is 0. The summed E-state index contributed by atoms with van der Waals surface area (Å²) in [5.41, 5.74) is 0. The summed E-state index contributed by atoms with van der Waals surface area (Å²) < 4.78 is 16.9. The van der Waals surface area contributed by atoms with Gasteiger partial charge < -0.3 is 14.2 Å². The molecule has 0 heterocycles. The molecule has 1 unspecified atom stereocenters. The van der Waals surface area contributed by atoms with Gasteiger partial charge in [-0.05, 0) is 109 Å². The second kappa shape index (κ2) is 61.4. The first-order valence-electron chi connectivity index (χ1n) is 30.5. The van der Waals surface area contributed by atoms with Crippen LogP contribution in [0.15, 0.2) is 122 Å². The summed E-state index contributed by atoms with van der Waals surface area (Å²) in [5.74, 6) is -0.943. The van der Waals surface area contributed by atoms with Gasteiger partial charge >= 0.3 is 17.9 Å². The zero-order valence-corrected chi connectivity index (χ0v) is 48.1. The van der Waals surface area contributed by atoms with Crippen LogP contribution in [-0.4, -0.2) is 37.2 Å². The number of ether oxygens (including phenoxy) is 3. The van der Waals surface area contributed by atoms with Gasteiger partial charge in [0.05, 0.1) is 0 Å². The molecule has 0 aromatic carbocycles. The number of hydrogen-bond acceptors (Lipinski definition) is 6. The van der Waals surface area contributed by atoms with Gasteiger partial charge in [0.2, 0.25) is 0 Å². The van der Waals surface area contributed by atoms with Crippen molar-refractivity contribution >= 4 is 17.9 Å². The van der Waals surface area contributed by atoms with E-state index in [0.29, 0.717) is 19.3 Å². The Bertz CT molecular complexity index is 1550. The highest BCUT2D eigenvalue weighted by Gasteiger charge is 2.19. The van der Waals surface area contributed by atoms with Crippen molar-refractivity contribution in [3.05, 3.63) is 122 Å². The van der Waals surface area contributed by atoms with Crippen LogP contribution in [0.5, 0.6) is 0 Å². The molecule has 6 nitrogen and oxygen atoms in total. The fourth-order valence-corrected chi connectivity index (χ4v) is 8.20. The normalized spacial score (nSPS) is 13.0. The lowest BCUT2D eigenvalue weighted by atomic mass is 10.0. The zero-order valence-electron chi connectivity index (χ0n) is 48.1. The van der Waals surface area contributed by atoms with Crippen molar-refractivity contribution in [1.29, 1.82) is 0 Å². The summed E-state index contributed by atoms with van der Waals surface area (Å²) in [5, 5.41) is 0. The van der Waals surface area contributed by atoms with Crippen molar-refractivity contribution in [1.82, 2.24) is 0 Å². The van der Waals surface area contributed by atoms with Gasteiger partial charge in [-0.25, -0.2) is 0 Å². The molecule has 0 aliphatic heterocycles. The third-order valence-electron chi connectivity index (χ3n) is 12.7. The number of unbranched alkanes of at least 4 members (excludes halogenated alkanes) is 23. The molecule has 0 N–H and O–H groups in total. The van der Waals surface area contributed by atoms with Gasteiger partial charge in [0.1, 0.15) is 13.2 Å². The fourth-order valence-electron chi connectivity index (χ4n) is 8.20. The van der Waals surface area contributed by atoms with Crippen LogP contribution in [0.2, 0.25) is 0 Å². The largest absolute Gasteiger partial charge is 0.462 e. The lowest BCUT2D eigenvalue weighted by molar-refractivity contribution is -0.167. The Morgan fingerprint density at radius 2 is 0.527 bits per heavy atom. The second-order valence-electron chi connectivity index (χ2n) is 19.9. The average molecular weight is 1030 g/mol. The topological polar surface area (TPSA) is 78.9 Å². The molecule has 420 valence electrons. The number of hydrogen-bond donors (Lipinski definition) is 0. The third kappa shape index (κ3) is 58.7. The first kappa shape index (κ1) is 69.8. The van der Waals surface area contributed by atoms with Gasteiger partial charge in [0, 0.05) is 19.3 Å². The molecule has 0 saturated heterocycles. The first-order chi connectivity index (χ1) is 36.5. The minimum atomic E-state index is -0.802. The van der Waals surface area contributed by atoms with Gasteiger partial charge in [0.15, 0.2) is 6.10 Å². The molecule has 0 bridgehead atoms. The molecule has 0 rings (SSSR count). The highest BCUT2D eigenvalue weighted by molar-refractivity contribution is 5.71. The van der Waals surface area contributed by atoms with E-state index in [1.807, 2.05) is 0 Å². The molecular formula is C68H112O6. The van der Waals surface area contributed by atoms with Gasteiger partial charge in [-0.15, -0.1) is 0 Å². The predicted molar refractivity (Wildman–Crippen MR) is 320 cm³/mol. The Balaban J connectivity index is 4.45. The Labute approximate surface area is 456 Å². The molecule has 0 aromatic rings. The Morgan fingerprint density at radius 1 is 0.284 bits per heavy atom. The minimum absolute atomic E-state index is 0.0985. The average Bonchev–Trinajstić information content (AvgIpc) is 3.40. The maximum atomic E-state index is 12.9. The van der Waals surface area contributed by atoms with E-state index in [1.54, 1.807) is 0 Å². The van der Waals surface area contributed by atoms with E-state index < -0.39 is 6.10 Å². The Kier molecular flexibility index (Phi) is 57.9. The number of esters is 3. The van der Waals surface area contributed by atoms with E-state index in [4.69, 9.17) is 14.2 Å². The van der Waals surface area contributed by atoms with E-state index in [9.17, 15) is 14.4 Å². The van der Waals surface area contributed by atoms with E-state index in [-0.39, 0.29) is 31.1 Å². The van der Waals surface area contributed by atoms with Crippen LogP contribution in [0.25, 0.3) is 0 Å². The zero-order chi connectivity index (χ0) is 53.6. The standard InChI is InChI=1S/C68H112O6/c1-4-7-10-13-16-19-22-25-28-30-31-32-33-34-35-36-37-38-41-43-46-49-52-55-58-61-67(70)73-64-65(63-72-66(69)60-57-54-51-48-45-42-39-27-24-21-18-15-12-9-6-3)74-68(71)62-59-56-53-50-47-44-40-29-26-23-20-17-14-11-8-5-2/h7,9-10,12,16,18-19,21,25,27-28,31-32,34-35,37-39,43,46,65H,4-6,8,11,13-15,17,20,22-24,26,29-30,33,36,40-42,44-45,47-64H2,1-3H3/b10-7-,12-9-,19-16-,21-18-,28-25-,32-31-,35-34-,38-37-,39-27-,46-43-. The van der Waals surface area contributed by atoms with Crippen molar-refractivity contribution in [3.63, 3.8) is 0 Å². The van der Waals surface area contributed by atoms with Crippen LogP contribution in [-0.2, 0) is 28.6 Å². The summed E-state index contributed by atoms with van der Waals surface area (Å²) in [6, 6.07) is 0. The summed E-state index contributed by atoms with van der Waals surface area (Å²) in [4.78, 5) is 38.2. The highest BCUT2D eigenvalue weighted by Crippen LogP contribution is 2.16. The summed E-state index contributed by atoms with van der Waals surface area (Å²) in [6.07, 6.45) is 84.8. The van der Waals surface area contributed by atoms with Gasteiger partial charge in [-0.3, -0.25) is 14.4 Å². The van der Waals surface area contributed by atoms with Crippen LogP contribution in [0.4, 0.5) is 0 Å². The monoisotopic (exact) mass is 1020 g/mol. The predicted octanol–water partition coefficient (Wildman–Crippen LogP) is 20.8. The molecular weight excluding hydrogens is 913 g/mol. The molecule has 0 amide bonds. The molecule has 0 fully saturated rings. The lowest BCUT2D eigenvalue weighted by Gasteiger charge is -2.18. The van der Waals surface area contributed by atoms with E-state index in [2.05, 4.69) is 142 Å². The Morgan fingerprint density at radius 3 is 0.838 bits per heavy atom. The third-order valence-corrected chi connectivity index (χ3v) is 12.7. The van der Waals surface area contributed by atoms with Crippen molar-refractivity contribution in [3.8, 4) is 0 Å². The van der Waals surface area contributed by atoms with Crippen molar-refractivity contribution < 1.29 is 28.6 Å². The maximum absolute atomic E-state index is 12.9. The maximum Gasteiger partial charge on any atom is 0.306 e. The SMILES string of the molecule is CC/C=C\C/C=C\C/C=C\C/C=C\C/C=C\C/C=C\C/C=C\CCCCCC(=O)OCC(COC(=O)CCCCCCC/C=C\C/C=C\C/C=C\CC)OC(=O)CCCCCCCCCCCCCCCCCC. The van der Waals surface area contributed by atoms with Crippen LogP contribution in [0.1, 0.15) is 271 Å². The fraction of sp³-hybridized carbons (Fsp3) is 0.662. The molecule has 0 saturated carbocycles. The van der Waals surface area contributed by atoms with Crippen molar-refractivity contribution in [2.45, 2.75) is 277 Å². The number of rotatable bonds is 54. The van der Waals surface area contributed by atoms with Crippen molar-refractivity contribution in [2.75, 3.05) is 13.2 Å². The molecule has 1 atom stereocenters. The molecule has 74 heavy (non-hydrogen) atoms. The number of carbonyl (C=O) groups excluding carboxylic acids is 3. The quantitative estimate of drug-likeness (QED) is 0.0261. The highest BCUT2D eigenvalue weighted by atomic mass is 16.6. The molecule has 0 aliphatic carbocycles. The molecule has 0 aromatic heterocycles. The van der Waals surface area contributed by atoms with Gasteiger partial charge in [-0.2, -0.15) is 0 Å². The number of allylic oxidation sites excluding steroid dienone is 20. The Hall–Kier alpha value is -4.19.